The van der Waals surface area contributed by atoms with Gasteiger partial charge in [0.15, 0.2) is 0 Å². The van der Waals surface area contributed by atoms with Crippen LogP contribution in [0.1, 0.15) is 24.5 Å². The van der Waals surface area contributed by atoms with E-state index in [1.165, 1.54) is 4.90 Å². The lowest BCUT2D eigenvalue weighted by molar-refractivity contribution is -0.138. The van der Waals surface area contributed by atoms with Crippen molar-refractivity contribution in [3.63, 3.8) is 0 Å². The summed E-state index contributed by atoms with van der Waals surface area (Å²) >= 11 is 5.98. The standard InChI is InChI=1S/C26H26ClN3O4/c1-4-26(20-8-10-21(27)11-9-20)24(32)30(25(33)28-26)16-23(31)29(2)15-17-5-6-19-14-22(34-3)12-7-18(19)13-17/h5-14H,4,15-16H2,1-3H3,(H,28,33). The van der Waals surface area contributed by atoms with Gasteiger partial charge in [-0.25, -0.2) is 4.79 Å². The highest BCUT2D eigenvalue weighted by Gasteiger charge is 2.51. The first kappa shape index (κ1) is 23.6. The van der Waals surface area contributed by atoms with E-state index in [0.717, 1.165) is 27.0 Å². The van der Waals surface area contributed by atoms with Crippen LogP contribution in [0.3, 0.4) is 0 Å². The number of ether oxygens (including phenoxy) is 1. The Labute approximate surface area is 203 Å². The Morgan fingerprint density at radius 1 is 1.06 bits per heavy atom. The molecule has 4 amide bonds. The summed E-state index contributed by atoms with van der Waals surface area (Å²) in [4.78, 5) is 41.4. The van der Waals surface area contributed by atoms with E-state index in [-0.39, 0.29) is 12.5 Å². The number of hydrogen-bond donors (Lipinski definition) is 1. The highest BCUT2D eigenvalue weighted by atomic mass is 35.5. The van der Waals surface area contributed by atoms with Gasteiger partial charge >= 0.3 is 6.03 Å². The smallest absolute Gasteiger partial charge is 0.325 e. The molecule has 1 aliphatic heterocycles. The Bertz CT molecular complexity index is 1260. The van der Waals surface area contributed by atoms with Gasteiger partial charge in [-0.3, -0.25) is 14.5 Å². The van der Waals surface area contributed by atoms with Crippen molar-refractivity contribution in [2.75, 3.05) is 20.7 Å². The molecule has 3 aromatic rings. The molecule has 0 aromatic heterocycles. The Hall–Kier alpha value is -3.58. The highest BCUT2D eigenvalue weighted by Crippen LogP contribution is 2.33. The van der Waals surface area contributed by atoms with Crippen LogP contribution in [0.2, 0.25) is 5.02 Å². The molecule has 1 heterocycles. The summed E-state index contributed by atoms with van der Waals surface area (Å²) in [6, 6.07) is 17.9. The monoisotopic (exact) mass is 479 g/mol. The topological polar surface area (TPSA) is 79.0 Å². The van der Waals surface area contributed by atoms with Crippen LogP contribution in [0.4, 0.5) is 4.79 Å². The third-order valence-corrected chi connectivity index (χ3v) is 6.55. The predicted octanol–water partition coefficient (Wildman–Crippen LogP) is 4.32. The SMILES string of the molecule is CCC1(c2ccc(Cl)cc2)NC(=O)N(CC(=O)N(C)Cc2ccc3cc(OC)ccc3c2)C1=O. The molecule has 4 rings (SSSR count). The third-order valence-electron chi connectivity index (χ3n) is 6.29. The molecule has 1 atom stereocenters. The second-order valence-electron chi connectivity index (χ2n) is 8.38. The number of likely N-dealkylation sites (N-methyl/N-ethyl adjacent to an activating group) is 1. The fraction of sp³-hybridized carbons (Fsp3) is 0.269. The van der Waals surface area contributed by atoms with Gasteiger partial charge in [-0.15, -0.1) is 0 Å². The molecule has 1 aliphatic rings. The first-order valence-corrected chi connectivity index (χ1v) is 11.4. The largest absolute Gasteiger partial charge is 0.497 e. The minimum Gasteiger partial charge on any atom is -0.497 e. The molecule has 34 heavy (non-hydrogen) atoms. The fourth-order valence-corrected chi connectivity index (χ4v) is 4.39. The first-order valence-electron chi connectivity index (χ1n) is 11.0. The van der Waals surface area contributed by atoms with Crippen LogP contribution in [0.15, 0.2) is 60.7 Å². The average Bonchev–Trinajstić information content (AvgIpc) is 3.09. The molecule has 0 radical (unpaired) electrons. The lowest BCUT2D eigenvalue weighted by Gasteiger charge is -2.26. The lowest BCUT2D eigenvalue weighted by Crippen LogP contribution is -2.45. The van der Waals surface area contributed by atoms with Crippen LogP contribution < -0.4 is 10.1 Å². The minimum atomic E-state index is -1.21. The zero-order chi connectivity index (χ0) is 24.5. The number of urea groups is 1. The molecule has 0 saturated carbocycles. The Kier molecular flexibility index (Phi) is 6.48. The van der Waals surface area contributed by atoms with Crippen molar-refractivity contribution < 1.29 is 19.1 Å². The Morgan fingerprint density at radius 2 is 1.74 bits per heavy atom. The molecule has 1 N–H and O–H groups in total. The normalized spacial score (nSPS) is 17.7. The van der Waals surface area contributed by atoms with E-state index in [4.69, 9.17) is 16.3 Å². The zero-order valence-electron chi connectivity index (χ0n) is 19.3. The second-order valence-corrected chi connectivity index (χ2v) is 8.82. The van der Waals surface area contributed by atoms with Crippen molar-refractivity contribution in [3.05, 3.63) is 76.8 Å². The number of rotatable bonds is 7. The van der Waals surface area contributed by atoms with E-state index in [1.807, 2.05) is 43.3 Å². The first-order chi connectivity index (χ1) is 16.3. The molecule has 1 fully saturated rings. The van der Waals surface area contributed by atoms with E-state index in [2.05, 4.69) is 5.32 Å². The summed E-state index contributed by atoms with van der Waals surface area (Å²) in [5.74, 6) is 0.00733. The van der Waals surface area contributed by atoms with Crippen molar-refractivity contribution in [2.45, 2.75) is 25.4 Å². The van der Waals surface area contributed by atoms with Gasteiger partial charge in [-0.2, -0.15) is 0 Å². The minimum absolute atomic E-state index is 0.332. The summed E-state index contributed by atoms with van der Waals surface area (Å²) in [5.41, 5.74) is 0.364. The molecular weight excluding hydrogens is 454 g/mol. The van der Waals surface area contributed by atoms with Gasteiger partial charge in [0.05, 0.1) is 7.11 Å². The van der Waals surface area contributed by atoms with Crippen molar-refractivity contribution in [2.24, 2.45) is 0 Å². The summed E-state index contributed by atoms with van der Waals surface area (Å²) in [7, 11) is 3.28. The van der Waals surface area contributed by atoms with Crippen LogP contribution >= 0.6 is 11.6 Å². The van der Waals surface area contributed by atoms with Crippen LogP contribution in [0, 0.1) is 0 Å². The summed E-state index contributed by atoms with van der Waals surface area (Å²) in [5, 5.41) is 5.39. The number of nitrogens with zero attached hydrogens (tertiary/aromatic N) is 2. The predicted molar refractivity (Wildman–Crippen MR) is 131 cm³/mol. The number of carbonyl (C=O) groups is 3. The Morgan fingerprint density at radius 3 is 2.41 bits per heavy atom. The van der Waals surface area contributed by atoms with Gasteiger partial charge in [-0.05, 0) is 58.7 Å². The zero-order valence-corrected chi connectivity index (χ0v) is 20.1. The van der Waals surface area contributed by atoms with E-state index >= 15 is 0 Å². The van der Waals surface area contributed by atoms with E-state index in [0.29, 0.717) is 23.6 Å². The molecular formula is C26H26ClN3O4. The van der Waals surface area contributed by atoms with Gasteiger partial charge in [0.2, 0.25) is 5.91 Å². The van der Waals surface area contributed by atoms with Crippen molar-refractivity contribution in [1.29, 1.82) is 0 Å². The lowest BCUT2D eigenvalue weighted by atomic mass is 9.87. The maximum atomic E-state index is 13.3. The van der Waals surface area contributed by atoms with Gasteiger partial charge in [0.25, 0.3) is 5.91 Å². The van der Waals surface area contributed by atoms with Gasteiger partial charge in [0, 0.05) is 18.6 Å². The van der Waals surface area contributed by atoms with Crippen molar-refractivity contribution >= 4 is 40.2 Å². The molecule has 0 aliphatic carbocycles. The molecule has 0 bridgehead atoms. The molecule has 176 valence electrons. The van der Waals surface area contributed by atoms with E-state index in [9.17, 15) is 14.4 Å². The quantitative estimate of drug-likeness (QED) is 0.512. The number of fused-ring (bicyclic) bond motifs is 1. The molecule has 1 unspecified atom stereocenters. The Balaban J connectivity index is 1.47. The number of imide groups is 1. The van der Waals surface area contributed by atoms with Gasteiger partial charge in [-0.1, -0.05) is 48.9 Å². The van der Waals surface area contributed by atoms with Crippen LogP contribution in [-0.4, -0.2) is 48.3 Å². The highest BCUT2D eigenvalue weighted by molar-refractivity contribution is 6.30. The molecule has 7 nitrogen and oxygen atoms in total. The van der Waals surface area contributed by atoms with Crippen molar-refractivity contribution in [3.8, 4) is 5.75 Å². The van der Waals surface area contributed by atoms with Crippen LogP contribution in [0.5, 0.6) is 5.75 Å². The average molecular weight is 480 g/mol. The van der Waals surface area contributed by atoms with Crippen LogP contribution in [-0.2, 0) is 21.7 Å². The van der Waals surface area contributed by atoms with Gasteiger partial charge in [0.1, 0.15) is 17.8 Å². The number of hydrogen-bond acceptors (Lipinski definition) is 4. The fourth-order valence-electron chi connectivity index (χ4n) is 4.26. The summed E-state index contributed by atoms with van der Waals surface area (Å²) < 4.78 is 5.26. The number of amides is 4. The molecule has 8 heteroatoms. The molecule has 3 aromatic carbocycles. The van der Waals surface area contributed by atoms with E-state index in [1.54, 1.807) is 38.4 Å². The maximum absolute atomic E-state index is 13.3. The van der Waals surface area contributed by atoms with Crippen molar-refractivity contribution in [1.82, 2.24) is 15.1 Å². The number of carbonyl (C=O) groups excluding carboxylic acids is 3. The summed E-state index contributed by atoms with van der Waals surface area (Å²) in [6.07, 6.45) is 0.349. The molecule has 0 spiro atoms. The summed E-state index contributed by atoms with van der Waals surface area (Å²) in [6.45, 7) is 1.83. The number of nitrogens with one attached hydrogen (secondary N) is 1. The van der Waals surface area contributed by atoms with Crippen LogP contribution in [0.25, 0.3) is 10.8 Å². The molecule has 1 saturated heterocycles. The second kappa shape index (κ2) is 9.35. The maximum Gasteiger partial charge on any atom is 0.325 e. The number of halogens is 1. The van der Waals surface area contributed by atoms with E-state index < -0.39 is 17.5 Å². The third kappa shape index (κ3) is 4.31. The number of benzene rings is 3. The van der Waals surface area contributed by atoms with Gasteiger partial charge < -0.3 is 15.0 Å². The number of methoxy groups -OCH3 is 1.